The second-order valence-corrected chi connectivity index (χ2v) is 6.49. The van der Waals surface area contributed by atoms with Gasteiger partial charge in [0.15, 0.2) is 0 Å². The molecule has 4 rings (SSSR count). The number of amides is 1. The highest BCUT2D eigenvalue weighted by atomic mass is 16.5. The number of ether oxygens (including phenoxy) is 1. The summed E-state index contributed by atoms with van der Waals surface area (Å²) in [5, 5.41) is 6.98. The highest BCUT2D eigenvalue weighted by Gasteiger charge is 2.11. The largest absolute Gasteiger partial charge is 0.465 e. The smallest absolute Gasteiger partial charge is 0.337 e. The van der Waals surface area contributed by atoms with E-state index in [0.717, 1.165) is 10.9 Å². The van der Waals surface area contributed by atoms with Crippen LogP contribution < -0.4 is 10.6 Å². The van der Waals surface area contributed by atoms with Crippen LogP contribution in [0.25, 0.3) is 10.9 Å². The molecular weight excluding hydrogens is 380 g/mol. The van der Waals surface area contributed by atoms with Crippen molar-refractivity contribution >= 4 is 39.8 Å². The maximum Gasteiger partial charge on any atom is 0.337 e. The lowest BCUT2D eigenvalue weighted by Crippen LogP contribution is -2.13. The van der Waals surface area contributed by atoms with Gasteiger partial charge in [0.2, 0.25) is 0 Å². The number of para-hydroxylation sites is 1. The van der Waals surface area contributed by atoms with E-state index in [2.05, 4.69) is 20.6 Å². The SMILES string of the molecule is COC(=O)c1cccc(Nc2cncc(C(=O)Nc3cccc4cccnc34)c2)c1. The van der Waals surface area contributed by atoms with Gasteiger partial charge in [0, 0.05) is 23.5 Å². The van der Waals surface area contributed by atoms with Crippen LogP contribution in [0.2, 0.25) is 0 Å². The van der Waals surface area contributed by atoms with Crippen molar-refractivity contribution in [3.05, 3.63) is 90.4 Å². The fraction of sp³-hybridized carbons (Fsp3) is 0.0435. The van der Waals surface area contributed by atoms with Crippen LogP contribution in [0.4, 0.5) is 17.1 Å². The number of benzene rings is 2. The van der Waals surface area contributed by atoms with Crippen LogP contribution in [-0.4, -0.2) is 29.0 Å². The minimum atomic E-state index is -0.423. The molecule has 0 fully saturated rings. The number of carbonyl (C=O) groups excluding carboxylic acids is 2. The number of methoxy groups -OCH3 is 1. The van der Waals surface area contributed by atoms with Crippen LogP contribution in [0.1, 0.15) is 20.7 Å². The molecule has 1 amide bonds. The van der Waals surface area contributed by atoms with Crippen LogP contribution in [0, 0.1) is 0 Å². The van der Waals surface area contributed by atoms with Crippen molar-refractivity contribution in [1.82, 2.24) is 9.97 Å². The molecule has 0 spiro atoms. The van der Waals surface area contributed by atoms with E-state index in [0.29, 0.717) is 28.2 Å². The Morgan fingerprint density at radius 2 is 1.70 bits per heavy atom. The number of esters is 1. The topological polar surface area (TPSA) is 93.2 Å². The molecule has 0 atom stereocenters. The fourth-order valence-corrected chi connectivity index (χ4v) is 3.04. The van der Waals surface area contributed by atoms with E-state index in [9.17, 15) is 9.59 Å². The van der Waals surface area contributed by atoms with Crippen LogP contribution in [0.5, 0.6) is 0 Å². The van der Waals surface area contributed by atoms with Crippen LogP contribution in [-0.2, 0) is 4.74 Å². The predicted octanol–water partition coefficient (Wildman–Crippen LogP) is 4.41. The maximum atomic E-state index is 12.8. The molecule has 30 heavy (non-hydrogen) atoms. The van der Waals surface area contributed by atoms with Gasteiger partial charge < -0.3 is 15.4 Å². The summed E-state index contributed by atoms with van der Waals surface area (Å²) >= 11 is 0. The molecule has 0 radical (unpaired) electrons. The van der Waals surface area contributed by atoms with Gasteiger partial charge in [-0.2, -0.15) is 0 Å². The number of nitrogens with one attached hydrogen (secondary N) is 2. The van der Waals surface area contributed by atoms with Gasteiger partial charge in [0.1, 0.15) is 0 Å². The Labute approximate surface area is 172 Å². The minimum absolute atomic E-state index is 0.299. The molecule has 2 aromatic heterocycles. The summed E-state index contributed by atoms with van der Waals surface area (Å²) in [4.78, 5) is 33.0. The Kier molecular flexibility index (Phi) is 5.34. The molecule has 2 heterocycles. The Morgan fingerprint density at radius 3 is 2.57 bits per heavy atom. The van der Waals surface area contributed by atoms with Crippen molar-refractivity contribution in [3.63, 3.8) is 0 Å². The van der Waals surface area contributed by atoms with Crippen molar-refractivity contribution in [2.45, 2.75) is 0 Å². The first-order valence-electron chi connectivity index (χ1n) is 9.19. The molecule has 2 aromatic carbocycles. The van der Waals surface area contributed by atoms with Crippen molar-refractivity contribution < 1.29 is 14.3 Å². The lowest BCUT2D eigenvalue weighted by Gasteiger charge is -2.10. The van der Waals surface area contributed by atoms with E-state index in [4.69, 9.17) is 4.74 Å². The van der Waals surface area contributed by atoms with E-state index >= 15 is 0 Å². The van der Waals surface area contributed by atoms with Gasteiger partial charge >= 0.3 is 5.97 Å². The van der Waals surface area contributed by atoms with Gasteiger partial charge in [-0.15, -0.1) is 0 Å². The second kappa shape index (κ2) is 8.40. The first kappa shape index (κ1) is 19.1. The fourth-order valence-electron chi connectivity index (χ4n) is 3.04. The van der Waals surface area contributed by atoms with E-state index in [1.165, 1.54) is 13.3 Å². The Morgan fingerprint density at radius 1 is 0.900 bits per heavy atom. The highest BCUT2D eigenvalue weighted by Crippen LogP contribution is 2.22. The van der Waals surface area contributed by atoms with Gasteiger partial charge in [-0.3, -0.25) is 14.8 Å². The normalized spacial score (nSPS) is 10.4. The zero-order valence-electron chi connectivity index (χ0n) is 16.1. The Hall–Kier alpha value is -4.26. The monoisotopic (exact) mass is 398 g/mol. The van der Waals surface area contributed by atoms with Gasteiger partial charge in [0.25, 0.3) is 5.91 Å². The van der Waals surface area contributed by atoms with E-state index < -0.39 is 5.97 Å². The van der Waals surface area contributed by atoms with Crippen molar-refractivity contribution in [3.8, 4) is 0 Å². The van der Waals surface area contributed by atoms with Crippen LogP contribution >= 0.6 is 0 Å². The molecule has 4 aromatic rings. The lowest BCUT2D eigenvalue weighted by molar-refractivity contribution is 0.0600. The van der Waals surface area contributed by atoms with E-state index in [-0.39, 0.29) is 5.91 Å². The van der Waals surface area contributed by atoms with Gasteiger partial charge in [-0.05, 0) is 36.4 Å². The number of hydrogen-bond donors (Lipinski definition) is 2. The Balaban J connectivity index is 1.54. The number of hydrogen-bond acceptors (Lipinski definition) is 6. The third kappa shape index (κ3) is 4.10. The zero-order chi connectivity index (χ0) is 20.9. The number of anilines is 3. The first-order chi connectivity index (χ1) is 14.6. The average molecular weight is 398 g/mol. The lowest BCUT2D eigenvalue weighted by atomic mass is 10.1. The highest BCUT2D eigenvalue weighted by molar-refractivity contribution is 6.08. The molecule has 0 saturated carbocycles. The van der Waals surface area contributed by atoms with Crippen LogP contribution in [0.3, 0.4) is 0 Å². The van der Waals surface area contributed by atoms with Gasteiger partial charge in [0.05, 0.1) is 41.3 Å². The molecule has 2 N–H and O–H groups in total. The number of nitrogens with zero attached hydrogens (tertiary/aromatic N) is 2. The molecule has 0 aliphatic heterocycles. The zero-order valence-corrected chi connectivity index (χ0v) is 16.1. The first-order valence-corrected chi connectivity index (χ1v) is 9.19. The number of rotatable bonds is 5. The summed E-state index contributed by atoms with van der Waals surface area (Å²) < 4.78 is 4.74. The Bertz CT molecular complexity index is 1230. The summed E-state index contributed by atoms with van der Waals surface area (Å²) in [5.41, 5.74) is 3.44. The van der Waals surface area contributed by atoms with E-state index in [1.807, 2.05) is 24.3 Å². The number of fused-ring (bicyclic) bond motifs is 1. The molecule has 148 valence electrons. The molecule has 0 saturated heterocycles. The predicted molar refractivity (Wildman–Crippen MR) is 115 cm³/mol. The molecule has 7 nitrogen and oxygen atoms in total. The molecular formula is C23H18N4O3. The quantitative estimate of drug-likeness (QED) is 0.484. The van der Waals surface area contributed by atoms with Crippen LogP contribution in [0.15, 0.2) is 79.3 Å². The van der Waals surface area contributed by atoms with Gasteiger partial charge in [-0.1, -0.05) is 24.3 Å². The van der Waals surface area contributed by atoms with Crippen molar-refractivity contribution in [1.29, 1.82) is 0 Å². The summed E-state index contributed by atoms with van der Waals surface area (Å²) in [6.45, 7) is 0. The number of carbonyl (C=O) groups is 2. The molecule has 0 bridgehead atoms. The minimum Gasteiger partial charge on any atom is -0.465 e. The van der Waals surface area contributed by atoms with E-state index in [1.54, 1.807) is 48.8 Å². The summed E-state index contributed by atoms with van der Waals surface area (Å²) in [7, 11) is 1.33. The average Bonchev–Trinajstić information content (AvgIpc) is 2.79. The molecule has 0 aliphatic carbocycles. The van der Waals surface area contributed by atoms with Crippen molar-refractivity contribution in [2.75, 3.05) is 17.7 Å². The number of pyridine rings is 2. The molecule has 0 unspecified atom stereocenters. The van der Waals surface area contributed by atoms with Crippen molar-refractivity contribution in [2.24, 2.45) is 0 Å². The second-order valence-electron chi connectivity index (χ2n) is 6.49. The third-order valence-corrected chi connectivity index (χ3v) is 4.45. The number of aromatic nitrogens is 2. The molecule has 7 heteroatoms. The summed E-state index contributed by atoms with van der Waals surface area (Å²) in [5.74, 6) is -0.721. The maximum absolute atomic E-state index is 12.8. The third-order valence-electron chi connectivity index (χ3n) is 4.45. The standard InChI is InChI=1S/C23H18N4O3/c1-30-23(29)16-6-2-8-18(11-16)26-19-12-17(13-24-14-19)22(28)27-20-9-3-5-15-7-4-10-25-21(15)20/h2-14,26H,1H3,(H,27,28). The summed E-state index contributed by atoms with van der Waals surface area (Å²) in [6.07, 6.45) is 4.78. The van der Waals surface area contributed by atoms with Gasteiger partial charge in [-0.25, -0.2) is 4.79 Å². The summed E-state index contributed by atoms with van der Waals surface area (Å²) in [6, 6.07) is 18.0. The molecule has 0 aliphatic rings.